The second-order valence-corrected chi connectivity index (χ2v) is 7.69. The molecule has 0 aliphatic carbocycles. The molecule has 0 radical (unpaired) electrons. The molecule has 2 fully saturated rings. The van der Waals surface area contributed by atoms with Crippen molar-refractivity contribution in [3.8, 4) is 0 Å². The van der Waals surface area contributed by atoms with E-state index < -0.39 is 0 Å². The fraction of sp³-hybridized carbons (Fsp3) is 0.667. The zero-order chi connectivity index (χ0) is 17.8. The summed E-state index contributed by atoms with van der Waals surface area (Å²) in [7, 11) is 1.97. The van der Waals surface area contributed by atoms with Gasteiger partial charge in [-0.15, -0.1) is 0 Å². The number of carbonyl (C=O) groups excluding carboxylic acids is 1. The summed E-state index contributed by atoms with van der Waals surface area (Å²) < 4.78 is 5.49. The van der Waals surface area contributed by atoms with Gasteiger partial charge in [0, 0.05) is 31.9 Å². The number of ether oxygens (including phenoxy) is 1. The molecule has 1 aromatic rings. The van der Waals surface area contributed by atoms with Crippen molar-refractivity contribution in [3.05, 3.63) is 34.4 Å². The Bertz CT molecular complexity index is 602. The van der Waals surface area contributed by atoms with Crippen molar-refractivity contribution >= 4 is 5.91 Å². The average molecular weight is 344 g/mol. The van der Waals surface area contributed by atoms with E-state index in [9.17, 15) is 4.79 Å². The third kappa shape index (κ3) is 4.24. The van der Waals surface area contributed by atoms with Gasteiger partial charge in [0.1, 0.15) is 0 Å². The van der Waals surface area contributed by atoms with E-state index in [1.165, 1.54) is 16.7 Å². The van der Waals surface area contributed by atoms with Gasteiger partial charge in [-0.05, 0) is 87.7 Å². The van der Waals surface area contributed by atoms with E-state index in [-0.39, 0.29) is 5.91 Å². The van der Waals surface area contributed by atoms with Crippen LogP contribution in [0.3, 0.4) is 0 Å². The van der Waals surface area contributed by atoms with Crippen LogP contribution in [0.4, 0.5) is 0 Å². The lowest BCUT2D eigenvalue weighted by Gasteiger charge is -2.32. The lowest BCUT2D eigenvalue weighted by molar-refractivity contribution is 0.0662. The summed E-state index contributed by atoms with van der Waals surface area (Å²) in [5.41, 5.74) is 4.74. The Morgan fingerprint density at radius 1 is 1.16 bits per heavy atom. The summed E-state index contributed by atoms with van der Waals surface area (Å²) in [6.45, 7) is 8.06. The lowest BCUT2D eigenvalue weighted by atomic mass is 9.86. The van der Waals surface area contributed by atoms with Crippen molar-refractivity contribution in [2.24, 2.45) is 5.92 Å². The molecule has 0 saturated carbocycles. The Morgan fingerprint density at radius 2 is 1.84 bits per heavy atom. The predicted molar refractivity (Wildman–Crippen MR) is 101 cm³/mol. The van der Waals surface area contributed by atoms with Crippen LogP contribution in [0.15, 0.2) is 12.1 Å². The van der Waals surface area contributed by atoms with Crippen molar-refractivity contribution in [1.82, 2.24) is 10.2 Å². The summed E-state index contributed by atoms with van der Waals surface area (Å²) in [6.07, 6.45) is 5.42. The van der Waals surface area contributed by atoms with Crippen molar-refractivity contribution < 1.29 is 9.53 Å². The van der Waals surface area contributed by atoms with E-state index >= 15 is 0 Å². The first-order valence-corrected chi connectivity index (χ1v) is 9.72. The first-order chi connectivity index (χ1) is 12.1. The van der Waals surface area contributed by atoms with Gasteiger partial charge in [-0.1, -0.05) is 6.07 Å². The number of aryl methyl sites for hydroxylation is 1. The third-order valence-electron chi connectivity index (χ3n) is 6.07. The van der Waals surface area contributed by atoms with Crippen molar-refractivity contribution in [2.75, 3.05) is 33.4 Å². The smallest absolute Gasteiger partial charge is 0.254 e. The molecule has 2 aliphatic heterocycles. The maximum atomic E-state index is 13.1. The molecule has 1 N–H and O–H groups in total. The minimum absolute atomic E-state index is 0.178. The van der Waals surface area contributed by atoms with E-state index in [4.69, 9.17) is 4.74 Å². The molecule has 0 atom stereocenters. The molecule has 2 aliphatic rings. The highest BCUT2D eigenvalue weighted by Crippen LogP contribution is 2.27. The van der Waals surface area contributed by atoms with Gasteiger partial charge in [-0.3, -0.25) is 4.79 Å². The molecule has 3 rings (SSSR count). The quantitative estimate of drug-likeness (QED) is 0.912. The van der Waals surface area contributed by atoms with Crippen LogP contribution in [0, 0.1) is 19.8 Å². The van der Waals surface area contributed by atoms with Crippen LogP contribution in [-0.4, -0.2) is 50.2 Å². The van der Waals surface area contributed by atoms with Crippen molar-refractivity contribution in [3.63, 3.8) is 0 Å². The van der Waals surface area contributed by atoms with Crippen LogP contribution in [0.2, 0.25) is 0 Å². The fourth-order valence-electron chi connectivity index (χ4n) is 4.23. The topological polar surface area (TPSA) is 41.6 Å². The summed E-state index contributed by atoms with van der Waals surface area (Å²) >= 11 is 0. The van der Waals surface area contributed by atoms with E-state index in [1.807, 2.05) is 18.0 Å². The van der Waals surface area contributed by atoms with E-state index in [0.717, 1.165) is 64.0 Å². The molecule has 0 unspecified atom stereocenters. The second-order valence-electron chi connectivity index (χ2n) is 7.69. The molecule has 138 valence electrons. The lowest BCUT2D eigenvalue weighted by Crippen LogP contribution is -2.44. The summed E-state index contributed by atoms with van der Waals surface area (Å²) in [4.78, 5) is 15.1. The SMILES string of the molecule is Cc1ccc(C(=O)N(C)C2CCNCC2)c(C)c1CC1CCOCC1. The minimum atomic E-state index is 0.178. The zero-order valence-corrected chi connectivity index (χ0v) is 15.9. The van der Waals surface area contributed by atoms with E-state index in [0.29, 0.717) is 12.0 Å². The second kappa shape index (κ2) is 8.33. The van der Waals surface area contributed by atoms with E-state index in [1.54, 1.807) is 0 Å². The minimum Gasteiger partial charge on any atom is -0.381 e. The fourth-order valence-corrected chi connectivity index (χ4v) is 4.23. The number of rotatable bonds is 4. The molecule has 1 amide bonds. The van der Waals surface area contributed by atoms with Crippen LogP contribution >= 0.6 is 0 Å². The summed E-state index contributed by atoms with van der Waals surface area (Å²) in [5.74, 6) is 0.858. The summed E-state index contributed by atoms with van der Waals surface area (Å²) in [6, 6.07) is 4.51. The molecule has 4 nitrogen and oxygen atoms in total. The molecule has 4 heteroatoms. The highest BCUT2D eigenvalue weighted by atomic mass is 16.5. The van der Waals surface area contributed by atoms with Gasteiger partial charge in [-0.2, -0.15) is 0 Å². The molecule has 0 spiro atoms. The standard InChI is InChI=1S/C21H32N2O2/c1-15-4-5-19(21(24)23(3)18-6-10-22-11-7-18)16(2)20(15)14-17-8-12-25-13-9-17/h4-5,17-18,22H,6-14H2,1-3H3. The van der Waals surface area contributed by atoms with Crippen LogP contribution < -0.4 is 5.32 Å². The van der Waals surface area contributed by atoms with Crippen LogP contribution in [-0.2, 0) is 11.2 Å². The van der Waals surface area contributed by atoms with E-state index in [2.05, 4.69) is 25.2 Å². The molecule has 1 aromatic carbocycles. The van der Waals surface area contributed by atoms with Gasteiger partial charge in [0.2, 0.25) is 0 Å². The molecular weight excluding hydrogens is 312 g/mol. The van der Waals surface area contributed by atoms with Crippen molar-refractivity contribution in [2.45, 2.75) is 52.0 Å². The largest absolute Gasteiger partial charge is 0.381 e. The molecule has 0 bridgehead atoms. The van der Waals surface area contributed by atoms with Crippen LogP contribution in [0.1, 0.15) is 52.7 Å². The zero-order valence-electron chi connectivity index (χ0n) is 15.9. The Hall–Kier alpha value is -1.39. The normalized spacial score (nSPS) is 19.8. The molecule has 2 saturated heterocycles. The molecule has 2 heterocycles. The number of carbonyl (C=O) groups is 1. The Labute approximate surface area is 151 Å². The Kier molecular flexibility index (Phi) is 6.13. The Balaban J connectivity index is 1.78. The number of piperidine rings is 1. The Morgan fingerprint density at radius 3 is 2.52 bits per heavy atom. The molecular formula is C21H32N2O2. The molecule has 0 aromatic heterocycles. The highest BCUT2D eigenvalue weighted by Gasteiger charge is 2.25. The van der Waals surface area contributed by atoms with Crippen molar-refractivity contribution in [1.29, 1.82) is 0 Å². The molecule has 25 heavy (non-hydrogen) atoms. The monoisotopic (exact) mass is 344 g/mol. The number of amides is 1. The number of nitrogens with zero attached hydrogens (tertiary/aromatic N) is 1. The maximum absolute atomic E-state index is 13.1. The highest BCUT2D eigenvalue weighted by molar-refractivity contribution is 5.96. The predicted octanol–water partition coefficient (Wildman–Crippen LogP) is 3.10. The first kappa shape index (κ1) is 18.4. The third-order valence-corrected chi connectivity index (χ3v) is 6.07. The van der Waals surface area contributed by atoms with Crippen LogP contribution in [0.25, 0.3) is 0 Å². The van der Waals surface area contributed by atoms with Gasteiger partial charge in [0.05, 0.1) is 0 Å². The average Bonchev–Trinajstić information content (AvgIpc) is 2.65. The maximum Gasteiger partial charge on any atom is 0.254 e. The van der Waals surface area contributed by atoms with Gasteiger partial charge in [0.25, 0.3) is 5.91 Å². The van der Waals surface area contributed by atoms with Gasteiger partial charge >= 0.3 is 0 Å². The van der Waals surface area contributed by atoms with Gasteiger partial charge in [0.15, 0.2) is 0 Å². The van der Waals surface area contributed by atoms with Gasteiger partial charge in [-0.25, -0.2) is 0 Å². The van der Waals surface area contributed by atoms with Crippen LogP contribution in [0.5, 0.6) is 0 Å². The number of hydrogen-bond acceptors (Lipinski definition) is 3. The number of nitrogens with one attached hydrogen (secondary N) is 1. The summed E-state index contributed by atoms with van der Waals surface area (Å²) in [5, 5.41) is 3.37. The number of benzene rings is 1. The first-order valence-electron chi connectivity index (χ1n) is 9.72. The van der Waals surface area contributed by atoms with Gasteiger partial charge < -0.3 is 15.0 Å². The number of hydrogen-bond donors (Lipinski definition) is 1.